The number of furan rings is 2. The van der Waals surface area contributed by atoms with E-state index >= 15 is 0 Å². The molecule has 2 aromatic heterocycles. The van der Waals surface area contributed by atoms with Gasteiger partial charge in [0, 0.05) is 11.6 Å². The van der Waals surface area contributed by atoms with E-state index in [9.17, 15) is 20.0 Å². The van der Waals surface area contributed by atoms with E-state index in [1.54, 1.807) is 36.4 Å². The molecule has 0 atom stereocenters. The highest BCUT2D eigenvalue weighted by Gasteiger charge is 2.12. The molecule has 0 spiro atoms. The van der Waals surface area contributed by atoms with Crippen LogP contribution in [0, 0.1) is 11.3 Å². The first-order chi connectivity index (χ1) is 13.1. The molecule has 0 radical (unpaired) electrons. The van der Waals surface area contributed by atoms with Crippen LogP contribution in [0.2, 0.25) is 0 Å². The largest absolute Gasteiger partial charge is 0.545 e. The van der Waals surface area contributed by atoms with Crippen LogP contribution in [-0.4, -0.2) is 11.9 Å². The molecule has 0 aliphatic carbocycles. The van der Waals surface area contributed by atoms with Gasteiger partial charge in [-0.25, -0.2) is 0 Å². The Hall–Kier alpha value is -4.05. The maximum absolute atomic E-state index is 12.1. The number of amides is 1. The summed E-state index contributed by atoms with van der Waals surface area (Å²) in [5.41, 5.74) is 0.430. The summed E-state index contributed by atoms with van der Waals surface area (Å²) in [5, 5.41) is 22.8. The lowest BCUT2D eigenvalue weighted by molar-refractivity contribution is -0.255. The van der Waals surface area contributed by atoms with E-state index in [0.29, 0.717) is 17.1 Å². The van der Waals surface area contributed by atoms with E-state index in [1.165, 1.54) is 24.5 Å². The molecule has 134 valence electrons. The fourth-order valence-corrected chi connectivity index (χ4v) is 2.35. The van der Waals surface area contributed by atoms with Gasteiger partial charge in [0.25, 0.3) is 5.91 Å². The number of aromatic carboxylic acids is 1. The standard InChI is InChI=1S/C20H14N2O5/c21-11-15(19(23)22-12-17-5-2-8-26-17)10-16-6-7-18(27-16)13-3-1-4-14(9-13)20(24)25/h1-10H,12H2,(H,22,23)(H,24,25)/p-1/b15-10+. The van der Waals surface area contributed by atoms with Crippen LogP contribution in [0.5, 0.6) is 0 Å². The van der Waals surface area contributed by atoms with Crippen molar-refractivity contribution in [1.82, 2.24) is 5.32 Å². The maximum Gasteiger partial charge on any atom is 0.262 e. The second-order valence-corrected chi connectivity index (χ2v) is 5.50. The number of carboxylic acids is 1. The molecule has 3 aromatic rings. The predicted octanol–water partition coefficient (Wildman–Crippen LogP) is 2.13. The highest BCUT2D eigenvalue weighted by atomic mass is 16.4. The second kappa shape index (κ2) is 7.89. The molecule has 2 heterocycles. The molecular formula is C20H13N2O5-. The van der Waals surface area contributed by atoms with Crippen LogP contribution in [0.1, 0.15) is 21.9 Å². The first-order valence-corrected chi connectivity index (χ1v) is 7.91. The van der Waals surface area contributed by atoms with Crippen molar-refractivity contribution in [2.75, 3.05) is 0 Å². The molecule has 0 saturated carbocycles. The molecule has 3 rings (SSSR count). The average Bonchev–Trinajstić information content (AvgIpc) is 3.36. The van der Waals surface area contributed by atoms with Gasteiger partial charge in [0.05, 0.1) is 18.8 Å². The topological polar surface area (TPSA) is 119 Å². The van der Waals surface area contributed by atoms with E-state index in [1.807, 2.05) is 6.07 Å². The molecule has 1 N–H and O–H groups in total. The van der Waals surface area contributed by atoms with Gasteiger partial charge in [-0.1, -0.05) is 18.2 Å². The molecule has 0 aliphatic rings. The third kappa shape index (κ3) is 4.32. The number of nitrogens with zero attached hydrogens (tertiary/aromatic N) is 1. The van der Waals surface area contributed by atoms with Crippen molar-refractivity contribution in [2.45, 2.75) is 6.54 Å². The van der Waals surface area contributed by atoms with Crippen molar-refractivity contribution in [2.24, 2.45) is 0 Å². The Bertz CT molecular complexity index is 1040. The Morgan fingerprint density at radius 3 is 2.74 bits per heavy atom. The monoisotopic (exact) mass is 361 g/mol. The van der Waals surface area contributed by atoms with E-state index in [-0.39, 0.29) is 23.4 Å². The summed E-state index contributed by atoms with van der Waals surface area (Å²) in [7, 11) is 0. The number of rotatable bonds is 6. The van der Waals surface area contributed by atoms with Crippen LogP contribution >= 0.6 is 0 Å². The van der Waals surface area contributed by atoms with E-state index in [0.717, 1.165) is 0 Å². The minimum absolute atomic E-state index is 0.0241. The van der Waals surface area contributed by atoms with E-state index in [2.05, 4.69) is 5.32 Å². The van der Waals surface area contributed by atoms with Crippen LogP contribution in [0.3, 0.4) is 0 Å². The maximum atomic E-state index is 12.1. The molecule has 0 aliphatic heterocycles. The Labute approximate surface area is 154 Å². The van der Waals surface area contributed by atoms with Gasteiger partial charge in [0.2, 0.25) is 0 Å². The number of benzene rings is 1. The molecule has 7 heteroatoms. The van der Waals surface area contributed by atoms with Crippen LogP contribution in [0.15, 0.2) is 69.2 Å². The lowest BCUT2D eigenvalue weighted by atomic mass is 10.1. The highest BCUT2D eigenvalue weighted by Crippen LogP contribution is 2.24. The Morgan fingerprint density at radius 1 is 1.19 bits per heavy atom. The minimum atomic E-state index is -1.29. The van der Waals surface area contributed by atoms with Crippen molar-refractivity contribution in [3.63, 3.8) is 0 Å². The van der Waals surface area contributed by atoms with Crippen molar-refractivity contribution in [3.05, 3.63) is 77.5 Å². The molecule has 7 nitrogen and oxygen atoms in total. The minimum Gasteiger partial charge on any atom is -0.545 e. The Balaban J connectivity index is 1.76. The van der Waals surface area contributed by atoms with Gasteiger partial charge in [-0.05, 0) is 35.9 Å². The molecular weight excluding hydrogens is 348 g/mol. The number of hydrogen-bond donors (Lipinski definition) is 1. The number of nitriles is 1. The summed E-state index contributed by atoms with van der Waals surface area (Å²) in [4.78, 5) is 23.1. The van der Waals surface area contributed by atoms with Gasteiger partial charge in [-0.3, -0.25) is 4.79 Å². The molecule has 0 saturated heterocycles. The van der Waals surface area contributed by atoms with E-state index < -0.39 is 11.9 Å². The number of carboxylic acid groups (broad SMARTS) is 1. The number of nitrogens with one attached hydrogen (secondary N) is 1. The summed E-state index contributed by atoms with van der Waals surface area (Å²) in [6.45, 7) is 0.157. The first-order valence-electron chi connectivity index (χ1n) is 7.91. The fraction of sp³-hybridized carbons (Fsp3) is 0.0500. The van der Waals surface area contributed by atoms with E-state index in [4.69, 9.17) is 8.83 Å². The normalized spacial score (nSPS) is 11.0. The summed E-state index contributed by atoms with van der Waals surface area (Å²) in [6, 6.07) is 14.5. The zero-order valence-corrected chi connectivity index (χ0v) is 14.0. The molecule has 0 unspecified atom stereocenters. The van der Waals surface area contributed by atoms with Crippen molar-refractivity contribution < 1.29 is 23.5 Å². The summed E-state index contributed by atoms with van der Waals surface area (Å²) in [6.07, 6.45) is 2.80. The molecule has 0 fully saturated rings. The van der Waals surface area contributed by atoms with Crippen LogP contribution in [0.25, 0.3) is 17.4 Å². The number of carbonyl (C=O) groups excluding carboxylic acids is 2. The third-order valence-corrected chi connectivity index (χ3v) is 3.66. The summed E-state index contributed by atoms with van der Waals surface area (Å²) >= 11 is 0. The van der Waals surface area contributed by atoms with Crippen LogP contribution in [-0.2, 0) is 11.3 Å². The third-order valence-electron chi connectivity index (χ3n) is 3.66. The second-order valence-electron chi connectivity index (χ2n) is 5.50. The fourth-order valence-electron chi connectivity index (χ4n) is 2.35. The van der Waals surface area contributed by atoms with Gasteiger partial charge >= 0.3 is 0 Å². The van der Waals surface area contributed by atoms with Gasteiger partial charge in [0.1, 0.15) is 28.9 Å². The zero-order valence-electron chi connectivity index (χ0n) is 14.0. The SMILES string of the molecule is N#C/C(=C\c1ccc(-c2cccc(C(=O)[O-])c2)o1)C(=O)NCc1ccco1. The van der Waals surface area contributed by atoms with Crippen molar-refractivity contribution in [3.8, 4) is 17.4 Å². The van der Waals surface area contributed by atoms with Gasteiger partial charge in [0.15, 0.2) is 0 Å². The quantitative estimate of drug-likeness (QED) is 0.530. The lowest BCUT2D eigenvalue weighted by Crippen LogP contribution is -2.23. The Morgan fingerprint density at radius 2 is 2.04 bits per heavy atom. The average molecular weight is 361 g/mol. The molecule has 0 bridgehead atoms. The number of carbonyl (C=O) groups is 2. The van der Waals surface area contributed by atoms with Gasteiger partial charge < -0.3 is 24.1 Å². The lowest BCUT2D eigenvalue weighted by Gasteiger charge is -2.04. The predicted molar refractivity (Wildman–Crippen MR) is 92.6 cm³/mol. The van der Waals surface area contributed by atoms with Crippen molar-refractivity contribution in [1.29, 1.82) is 5.26 Å². The van der Waals surface area contributed by atoms with Crippen molar-refractivity contribution >= 4 is 18.0 Å². The molecule has 1 amide bonds. The van der Waals surface area contributed by atoms with Gasteiger partial charge in [-0.15, -0.1) is 0 Å². The number of hydrogen-bond acceptors (Lipinski definition) is 6. The summed E-state index contributed by atoms with van der Waals surface area (Å²) in [5.74, 6) is -0.603. The highest BCUT2D eigenvalue weighted by molar-refractivity contribution is 6.01. The van der Waals surface area contributed by atoms with Crippen LogP contribution in [0.4, 0.5) is 0 Å². The smallest absolute Gasteiger partial charge is 0.262 e. The van der Waals surface area contributed by atoms with Crippen LogP contribution < -0.4 is 10.4 Å². The zero-order chi connectivity index (χ0) is 19.2. The first kappa shape index (κ1) is 17.8. The Kier molecular flexibility index (Phi) is 5.19. The molecule has 1 aromatic carbocycles. The van der Waals surface area contributed by atoms with Gasteiger partial charge in [-0.2, -0.15) is 5.26 Å². The summed E-state index contributed by atoms with van der Waals surface area (Å²) < 4.78 is 10.7. The molecule has 27 heavy (non-hydrogen) atoms.